The second kappa shape index (κ2) is 14.9. The molecule has 13 rings (SSSR count). The average Bonchev–Trinajstić information content (AvgIpc) is 4.15. The molecule has 0 spiro atoms. The summed E-state index contributed by atoms with van der Waals surface area (Å²) in [6.07, 6.45) is 0. The molecule has 0 amide bonds. The first-order valence-corrected chi connectivity index (χ1v) is 25.6. The lowest BCUT2D eigenvalue weighted by Gasteiger charge is -2.44. The fourth-order valence-electron chi connectivity index (χ4n) is 10.8. The van der Waals surface area contributed by atoms with Gasteiger partial charge < -0.3 is 28.7 Å². The molecule has 9 aromatic rings. The molecule has 0 radical (unpaired) electrons. The second-order valence-corrected chi connectivity index (χ2v) is 24.2. The third-order valence-electron chi connectivity index (χ3n) is 14.5. The van der Waals surface area contributed by atoms with Gasteiger partial charge in [-0.2, -0.15) is 0 Å². The summed E-state index contributed by atoms with van der Waals surface area (Å²) < 4.78 is 30.1. The summed E-state index contributed by atoms with van der Waals surface area (Å²) in [6, 6.07) is 49.7. The van der Waals surface area contributed by atoms with E-state index in [2.05, 4.69) is 206 Å². The van der Waals surface area contributed by atoms with E-state index in [1.54, 1.807) is 0 Å². The zero-order chi connectivity index (χ0) is 47.3. The molecule has 4 aliphatic rings. The maximum absolute atomic E-state index is 6.29. The van der Waals surface area contributed by atoms with Crippen LogP contribution in [0.4, 0.5) is 34.1 Å². The van der Waals surface area contributed by atoms with Gasteiger partial charge in [-0.1, -0.05) is 135 Å². The van der Waals surface area contributed by atoms with E-state index in [9.17, 15) is 0 Å². The largest absolute Gasteiger partial charge is 0.454 e. The van der Waals surface area contributed by atoms with Crippen molar-refractivity contribution < 1.29 is 18.9 Å². The maximum atomic E-state index is 6.29. The van der Waals surface area contributed by atoms with E-state index in [0.717, 1.165) is 68.0 Å². The Kier molecular flexibility index (Phi) is 9.17. The van der Waals surface area contributed by atoms with Gasteiger partial charge in [0, 0.05) is 64.4 Å². The molecule has 342 valence electrons. The van der Waals surface area contributed by atoms with Crippen molar-refractivity contribution in [2.45, 2.75) is 78.6 Å². The Morgan fingerprint density at radius 1 is 0.420 bits per heavy atom. The summed E-state index contributed by atoms with van der Waals surface area (Å²) in [7, 11) is 0. The molecule has 0 saturated carbocycles. The number of nitrogens with zero attached hydrogens (tertiary/aromatic N) is 2. The maximum Gasteiger partial charge on any atom is 0.277 e. The number of hydrogen-bond acceptors (Lipinski definition) is 8. The zero-order valence-corrected chi connectivity index (χ0v) is 42.2. The van der Waals surface area contributed by atoms with Gasteiger partial charge in [-0.25, -0.2) is 0 Å². The van der Waals surface area contributed by atoms with E-state index >= 15 is 0 Å². The van der Waals surface area contributed by atoms with Crippen LogP contribution in [0.1, 0.15) is 79.0 Å². The lowest BCUT2D eigenvalue weighted by molar-refractivity contribution is 0.173. The van der Waals surface area contributed by atoms with Crippen molar-refractivity contribution >= 4 is 98.7 Å². The van der Waals surface area contributed by atoms with Crippen LogP contribution in [-0.4, -0.2) is 20.3 Å². The Balaban J connectivity index is 1.21. The van der Waals surface area contributed by atoms with Crippen LogP contribution in [0.2, 0.25) is 0 Å². The van der Waals surface area contributed by atoms with Crippen molar-refractivity contribution in [3.8, 4) is 45.3 Å². The summed E-state index contributed by atoms with van der Waals surface area (Å²) in [5.41, 5.74) is 16.1. The summed E-state index contributed by atoms with van der Waals surface area (Å²) >= 11 is 3.88. The number of anilines is 6. The van der Waals surface area contributed by atoms with Crippen LogP contribution < -0.4 is 43.8 Å². The zero-order valence-electron chi connectivity index (χ0n) is 40.5. The third kappa shape index (κ3) is 6.56. The molecule has 0 N–H and O–H groups in total. The Morgan fingerprint density at radius 2 is 0.812 bits per heavy atom. The molecular weight excluding hydrogens is 888 g/mol. The van der Waals surface area contributed by atoms with Crippen molar-refractivity contribution in [1.82, 2.24) is 0 Å². The number of fused-ring (bicyclic) bond motifs is 10. The van der Waals surface area contributed by atoms with Crippen LogP contribution in [-0.2, 0) is 16.2 Å². The van der Waals surface area contributed by atoms with E-state index in [0.29, 0.717) is 0 Å². The number of thiophene rings is 2. The fraction of sp³-hybridized carbons (Fsp3) is 0.233. The number of benzene rings is 7. The van der Waals surface area contributed by atoms with Gasteiger partial charge in [0.1, 0.15) is 0 Å². The highest BCUT2D eigenvalue weighted by atomic mass is 32.1. The van der Waals surface area contributed by atoms with Gasteiger partial charge in [-0.3, -0.25) is 0 Å². The molecule has 0 fully saturated rings. The molecule has 69 heavy (non-hydrogen) atoms. The summed E-state index contributed by atoms with van der Waals surface area (Å²) in [4.78, 5) is 5.20. The van der Waals surface area contributed by atoms with Crippen molar-refractivity contribution in [3.63, 3.8) is 0 Å². The quantitative estimate of drug-likeness (QED) is 0.164. The molecule has 0 bridgehead atoms. The van der Waals surface area contributed by atoms with Crippen LogP contribution in [0, 0.1) is 0 Å². The highest BCUT2D eigenvalue weighted by Crippen LogP contribution is 2.56. The smallest absolute Gasteiger partial charge is 0.277 e. The first kappa shape index (κ1) is 42.4. The van der Waals surface area contributed by atoms with Crippen molar-refractivity contribution in [2.24, 2.45) is 0 Å². The lowest BCUT2D eigenvalue weighted by atomic mass is 9.39. The van der Waals surface area contributed by atoms with E-state index in [1.807, 2.05) is 22.7 Å². The molecule has 0 aliphatic carbocycles. The standard InChI is InChI=1S/C60H53BN2O4S2/c1-58(2,3)36-20-22-51-41(24-36)54-56(68-51)61-53-45(62(54)43-30-49-47(64-32-66-49)28-39(43)34-16-12-10-13-17-34)26-38(60(7,8)9)27-46(53)63(55-42-25-37(59(4,5)6)21-23-52(42)69-57(55)61)44-31-50-48(65-33-67-50)29-40(44)35-18-14-11-15-19-35/h10-31H,32-33H2,1-9H3. The first-order chi connectivity index (χ1) is 33.1. The monoisotopic (exact) mass is 940 g/mol. The lowest BCUT2D eigenvalue weighted by Crippen LogP contribution is -2.59. The molecule has 7 aromatic carbocycles. The molecule has 0 unspecified atom stereocenters. The van der Waals surface area contributed by atoms with Gasteiger partial charge in [0.2, 0.25) is 13.6 Å². The van der Waals surface area contributed by atoms with E-state index in [1.165, 1.54) is 63.3 Å². The van der Waals surface area contributed by atoms with Gasteiger partial charge >= 0.3 is 0 Å². The Bertz CT molecular complexity index is 3370. The third-order valence-corrected chi connectivity index (χ3v) is 16.9. The van der Waals surface area contributed by atoms with Gasteiger partial charge in [0.15, 0.2) is 23.0 Å². The van der Waals surface area contributed by atoms with Gasteiger partial charge in [0.25, 0.3) is 6.71 Å². The number of ether oxygens (including phenoxy) is 4. The Labute approximate surface area is 412 Å². The highest BCUT2D eigenvalue weighted by Gasteiger charge is 2.49. The fourth-order valence-corrected chi connectivity index (χ4v) is 13.4. The van der Waals surface area contributed by atoms with Gasteiger partial charge in [-0.05, 0) is 98.1 Å². The second-order valence-electron chi connectivity index (χ2n) is 22.0. The minimum absolute atomic E-state index is 0.0588. The Hall–Kier alpha value is -6.68. The van der Waals surface area contributed by atoms with E-state index < -0.39 is 0 Å². The molecule has 2 aromatic heterocycles. The SMILES string of the molecule is CC(C)(C)c1cc2c3c(c1)N(c1cc4c(cc1-c1ccccc1)OCO4)c1c(sc4ccc(C(C)(C)C)cc14)B3c1sc3ccc(C(C)(C)C)cc3c1N2c1cc2c(cc1-c1ccccc1)OCO2. The summed E-state index contributed by atoms with van der Waals surface area (Å²) in [6.45, 7) is 21.2. The number of hydrogen-bond donors (Lipinski definition) is 0. The van der Waals surface area contributed by atoms with Gasteiger partial charge in [0.05, 0.1) is 22.7 Å². The van der Waals surface area contributed by atoms with Crippen LogP contribution in [0.5, 0.6) is 23.0 Å². The summed E-state index contributed by atoms with van der Waals surface area (Å²) in [5, 5.41) is 2.52. The minimum Gasteiger partial charge on any atom is -0.454 e. The minimum atomic E-state index is -0.223. The highest BCUT2D eigenvalue weighted by molar-refractivity contribution is 7.40. The summed E-state index contributed by atoms with van der Waals surface area (Å²) in [5.74, 6) is 3.02. The van der Waals surface area contributed by atoms with Crippen molar-refractivity contribution in [2.75, 3.05) is 23.4 Å². The van der Waals surface area contributed by atoms with Gasteiger partial charge in [-0.15, -0.1) is 22.7 Å². The molecule has 0 atom stereocenters. The molecule has 4 aliphatic heterocycles. The molecule has 6 heterocycles. The predicted octanol–water partition coefficient (Wildman–Crippen LogP) is 14.9. The Morgan fingerprint density at radius 3 is 1.20 bits per heavy atom. The van der Waals surface area contributed by atoms with E-state index in [-0.39, 0.29) is 36.5 Å². The predicted molar refractivity (Wildman–Crippen MR) is 290 cm³/mol. The molecule has 6 nitrogen and oxygen atoms in total. The molecular formula is C60H53BN2O4S2. The van der Waals surface area contributed by atoms with Crippen LogP contribution in [0.25, 0.3) is 42.4 Å². The van der Waals surface area contributed by atoms with E-state index in [4.69, 9.17) is 18.9 Å². The normalized spacial score (nSPS) is 14.7. The van der Waals surface area contributed by atoms with Crippen molar-refractivity contribution in [1.29, 1.82) is 0 Å². The first-order valence-electron chi connectivity index (χ1n) is 24.0. The molecule has 0 saturated heterocycles. The van der Waals surface area contributed by atoms with Crippen molar-refractivity contribution in [3.05, 3.63) is 150 Å². The number of rotatable bonds is 4. The van der Waals surface area contributed by atoms with Crippen LogP contribution >= 0.6 is 22.7 Å². The topological polar surface area (TPSA) is 43.4 Å². The molecule has 9 heteroatoms. The van der Waals surface area contributed by atoms with Crippen LogP contribution in [0.15, 0.2) is 133 Å². The van der Waals surface area contributed by atoms with Crippen LogP contribution in [0.3, 0.4) is 0 Å². The average molecular weight is 941 g/mol.